The van der Waals surface area contributed by atoms with Gasteiger partial charge >= 0.3 is 0 Å². The SMILES string of the molecule is COCOc1ccc2c(c1)C[C@@H](CCCCCCOCCOCCOCc1ccccc1)[C@@H]1[C@@H]2CC[C@]2(C)[C@@H](OCOC)CC[C@@H]12. The zero-order chi connectivity index (χ0) is 32.0. The maximum absolute atomic E-state index is 6.28. The minimum Gasteiger partial charge on any atom is -0.468 e. The van der Waals surface area contributed by atoms with Crippen molar-refractivity contribution in [2.24, 2.45) is 23.2 Å². The van der Waals surface area contributed by atoms with Crippen molar-refractivity contribution in [1.82, 2.24) is 0 Å². The summed E-state index contributed by atoms with van der Waals surface area (Å²) in [7, 11) is 3.41. The lowest BCUT2D eigenvalue weighted by atomic mass is 9.52. The van der Waals surface area contributed by atoms with Crippen LogP contribution in [0, 0.1) is 23.2 Å². The van der Waals surface area contributed by atoms with Gasteiger partial charge in [-0.05, 0) is 103 Å². The highest BCUT2D eigenvalue weighted by Gasteiger charge is 2.57. The van der Waals surface area contributed by atoms with Gasteiger partial charge in [-0.1, -0.05) is 62.6 Å². The van der Waals surface area contributed by atoms with Gasteiger partial charge in [0.25, 0.3) is 0 Å². The quantitative estimate of drug-likeness (QED) is 0.102. The van der Waals surface area contributed by atoms with Crippen molar-refractivity contribution < 1.29 is 33.2 Å². The molecule has 46 heavy (non-hydrogen) atoms. The molecule has 0 spiro atoms. The van der Waals surface area contributed by atoms with Gasteiger partial charge in [0.05, 0.1) is 39.1 Å². The lowest BCUT2D eigenvalue weighted by molar-refractivity contribution is -0.128. The van der Waals surface area contributed by atoms with Crippen LogP contribution in [-0.2, 0) is 41.4 Å². The number of fused-ring (bicyclic) bond motifs is 5. The van der Waals surface area contributed by atoms with Crippen molar-refractivity contribution in [3.05, 3.63) is 65.2 Å². The molecule has 6 atom stereocenters. The Hall–Kier alpha value is -2.00. The van der Waals surface area contributed by atoms with E-state index in [0.717, 1.165) is 37.5 Å². The number of ether oxygens (including phenoxy) is 7. The van der Waals surface area contributed by atoms with Crippen LogP contribution >= 0.6 is 0 Å². The predicted octanol–water partition coefficient (Wildman–Crippen LogP) is 7.94. The number of hydrogen-bond donors (Lipinski definition) is 0. The molecule has 0 aromatic heterocycles. The van der Waals surface area contributed by atoms with E-state index in [0.29, 0.717) is 70.5 Å². The second-order valence-corrected chi connectivity index (χ2v) is 13.8. The number of rotatable bonds is 21. The Morgan fingerprint density at radius 1 is 0.761 bits per heavy atom. The minimum atomic E-state index is 0.243. The first-order chi connectivity index (χ1) is 22.6. The summed E-state index contributed by atoms with van der Waals surface area (Å²) in [5.74, 6) is 3.69. The third-order valence-electron chi connectivity index (χ3n) is 11.0. The van der Waals surface area contributed by atoms with Crippen molar-refractivity contribution >= 4 is 0 Å². The summed E-state index contributed by atoms with van der Waals surface area (Å²) in [6.45, 7) is 7.12. The van der Waals surface area contributed by atoms with E-state index in [1.54, 1.807) is 19.8 Å². The monoisotopic (exact) mass is 638 g/mol. The highest BCUT2D eigenvalue weighted by molar-refractivity contribution is 5.41. The van der Waals surface area contributed by atoms with Crippen LogP contribution in [0.5, 0.6) is 5.75 Å². The molecule has 0 radical (unpaired) electrons. The van der Waals surface area contributed by atoms with Gasteiger partial charge in [-0.3, -0.25) is 0 Å². The van der Waals surface area contributed by atoms with Crippen LogP contribution in [0.15, 0.2) is 48.5 Å². The van der Waals surface area contributed by atoms with Crippen LogP contribution in [0.1, 0.15) is 87.3 Å². The lowest BCUT2D eigenvalue weighted by Gasteiger charge is -2.53. The van der Waals surface area contributed by atoms with Crippen LogP contribution in [0.25, 0.3) is 0 Å². The fraction of sp³-hybridized carbons (Fsp3) is 0.692. The number of unbranched alkanes of at least 4 members (excludes halogenated alkanes) is 3. The number of benzene rings is 2. The summed E-state index contributed by atoms with van der Waals surface area (Å²) in [6, 6.07) is 17.0. The molecule has 0 unspecified atom stereocenters. The Kier molecular flexibility index (Phi) is 14.2. The van der Waals surface area contributed by atoms with Gasteiger partial charge in [-0.2, -0.15) is 0 Å². The zero-order valence-electron chi connectivity index (χ0n) is 28.6. The van der Waals surface area contributed by atoms with E-state index in [4.69, 9.17) is 33.2 Å². The summed E-state index contributed by atoms with van der Waals surface area (Å²) >= 11 is 0. The summed E-state index contributed by atoms with van der Waals surface area (Å²) in [6.07, 6.45) is 12.5. The average Bonchev–Trinajstić information content (AvgIpc) is 3.42. The molecule has 7 heteroatoms. The van der Waals surface area contributed by atoms with Crippen molar-refractivity contribution in [2.45, 2.75) is 89.8 Å². The van der Waals surface area contributed by atoms with Gasteiger partial charge in [0.15, 0.2) is 6.79 Å². The maximum Gasteiger partial charge on any atom is 0.188 e. The number of methoxy groups -OCH3 is 2. The van der Waals surface area contributed by atoms with Gasteiger partial charge in [0.1, 0.15) is 12.5 Å². The summed E-state index contributed by atoms with van der Waals surface area (Å²) in [5, 5.41) is 0. The minimum absolute atomic E-state index is 0.243. The van der Waals surface area contributed by atoms with Crippen LogP contribution in [0.2, 0.25) is 0 Å². The van der Waals surface area contributed by atoms with Crippen LogP contribution < -0.4 is 4.74 Å². The van der Waals surface area contributed by atoms with Gasteiger partial charge in [0, 0.05) is 20.8 Å². The Morgan fingerprint density at radius 2 is 1.52 bits per heavy atom. The molecule has 0 bridgehead atoms. The van der Waals surface area contributed by atoms with Crippen LogP contribution in [0.3, 0.4) is 0 Å². The van der Waals surface area contributed by atoms with Crippen molar-refractivity contribution in [3.63, 3.8) is 0 Å². The maximum atomic E-state index is 6.28. The van der Waals surface area contributed by atoms with Crippen molar-refractivity contribution in [2.75, 3.05) is 60.8 Å². The molecule has 7 nitrogen and oxygen atoms in total. The molecule has 2 aromatic carbocycles. The molecule has 0 N–H and O–H groups in total. The van der Waals surface area contributed by atoms with Crippen molar-refractivity contribution in [1.29, 1.82) is 0 Å². The second kappa shape index (κ2) is 18.5. The van der Waals surface area contributed by atoms with Gasteiger partial charge in [-0.15, -0.1) is 0 Å². The number of hydrogen-bond acceptors (Lipinski definition) is 7. The Labute approximate surface area is 277 Å². The zero-order valence-corrected chi connectivity index (χ0v) is 28.6. The fourth-order valence-electron chi connectivity index (χ4n) is 8.81. The average molecular weight is 639 g/mol. The lowest BCUT2D eigenvalue weighted by Crippen LogP contribution is -2.47. The Bertz CT molecular complexity index is 1140. The fourth-order valence-corrected chi connectivity index (χ4v) is 8.81. The Balaban J connectivity index is 1.04. The van der Waals surface area contributed by atoms with E-state index < -0.39 is 0 Å². The predicted molar refractivity (Wildman–Crippen MR) is 180 cm³/mol. The second-order valence-electron chi connectivity index (χ2n) is 13.8. The van der Waals surface area contributed by atoms with E-state index in [9.17, 15) is 0 Å². The smallest absolute Gasteiger partial charge is 0.188 e. The molecule has 2 aromatic rings. The molecule has 5 rings (SSSR count). The van der Waals surface area contributed by atoms with Crippen LogP contribution in [-0.4, -0.2) is 66.9 Å². The topological polar surface area (TPSA) is 64.6 Å². The summed E-state index contributed by atoms with van der Waals surface area (Å²) in [4.78, 5) is 0. The van der Waals surface area contributed by atoms with Gasteiger partial charge in [0.2, 0.25) is 0 Å². The van der Waals surface area contributed by atoms with Gasteiger partial charge in [-0.25, -0.2) is 0 Å². The summed E-state index contributed by atoms with van der Waals surface area (Å²) < 4.78 is 39.8. The van der Waals surface area contributed by atoms with E-state index in [2.05, 4.69) is 37.3 Å². The standard InChI is InChI=1S/C39H58O7/c1-39-19-18-35-34-15-14-33(45-28-40-2)26-32(34)25-31(38(35)36(39)16-17-37(39)46-29-41-3)13-9-4-5-10-20-42-21-22-43-23-24-44-27-30-11-7-6-8-12-30/h6-8,11-12,14-15,26,31,35-38H,4-5,9-10,13,16-25,27-29H2,1-3H3/t31-,35-,36+,37+,38-,39+/m1/s1. The molecule has 0 saturated heterocycles. The van der Waals surface area contributed by atoms with E-state index in [1.807, 2.05) is 18.2 Å². The van der Waals surface area contributed by atoms with E-state index in [1.165, 1.54) is 56.1 Å². The molecule has 2 fully saturated rings. The van der Waals surface area contributed by atoms with Crippen molar-refractivity contribution in [3.8, 4) is 5.75 Å². The Morgan fingerprint density at radius 3 is 2.33 bits per heavy atom. The van der Waals surface area contributed by atoms with Crippen LogP contribution in [0.4, 0.5) is 0 Å². The molecule has 2 saturated carbocycles. The highest BCUT2D eigenvalue weighted by Crippen LogP contribution is 2.63. The first kappa shape index (κ1) is 35.3. The molecule has 3 aliphatic carbocycles. The third kappa shape index (κ3) is 9.33. The molecule has 0 amide bonds. The molecule has 256 valence electrons. The molecule has 3 aliphatic rings. The third-order valence-corrected chi connectivity index (χ3v) is 11.0. The molecular formula is C39H58O7. The highest BCUT2D eigenvalue weighted by atomic mass is 16.7. The first-order valence-electron chi connectivity index (χ1n) is 17.8. The largest absolute Gasteiger partial charge is 0.468 e. The normalized spacial score (nSPS) is 26.8. The van der Waals surface area contributed by atoms with E-state index in [-0.39, 0.29) is 5.41 Å². The summed E-state index contributed by atoms with van der Waals surface area (Å²) in [5.41, 5.74) is 4.49. The van der Waals surface area contributed by atoms with E-state index >= 15 is 0 Å². The molecule has 0 aliphatic heterocycles. The van der Waals surface area contributed by atoms with Gasteiger partial charge < -0.3 is 33.2 Å². The molecule has 0 heterocycles. The first-order valence-corrected chi connectivity index (χ1v) is 17.8. The molecular weight excluding hydrogens is 580 g/mol.